The molecule has 12 nitrogen and oxygen atoms in total. The Morgan fingerprint density at radius 1 is 0.957 bits per heavy atom. The highest BCUT2D eigenvalue weighted by atomic mass is 16.6. The molecule has 2 aliphatic rings. The summed E-state index contributed by atoms with van der Waals surface area (Å²) in [6.45, 7) is 23.9. The predicted octanol–water partition coefficient (Wildman–Crippen LogP) is 2.71. The summed E-state index contributed by atoms with van der Waals surface area (Å²) in [7, 11) is 0. The van der Waals surface area contributed by atoms with Crippen molar-refractivity contribution >= 4 is 35.5 Å². The van der Waals surface area contributed by atoms with Crippen LogP contribution in [-0.4, -0.2) is 83.3 Å². The van der Waals surface area contributed by atoms with Crippen molar-refractivity contribution in [1.82, 2.24) is 26.2 Å². The number of Topliss-reactive ketones (excluding diaryl/α,β-unsaturated/α-hetero) is 1. The van der Waals surface area contributed by atoms with Gasteiger partial charge in [-0.15, -0.1) is 18.9 Å². The van der Waals surface area contributed by atoms with Crippen LogP contribution in [0.1, 0.15) is 89.0 Å². The summed E-state index contributed by atoms with van der Waals surface area (Å²) >= 11 is 0. The summed E-state index contributed by atoms with van der Waals surface area (Å²) in [5.74, 6) is -1.12. The van der Waals surface area contributed by atoms with E-state index >= 15 is 0 Å². The number of piperidine rings is 1. The summed E-state index contributed by atoms with van der Waals surface area (Å²) in [5.41, 5.74) is -2.52. The van der Waals surface area contributed by atoms with Gasteiger partial charge >= 0.3 is 12.0 Å². The Hall–Kier alpha value is -3.88. The Morgan fingerprint density at radius 3 is 2.00 bits per heavy atom. The van der Waals surface area contributed by atoms with Crippen molar-refractivity contribution in [2.75, 3.05) is 13.1 Å². The molecule has 1 aliphatic heterocycles. The first-order valence-corrected chi connectivity index (χ1v) is 16.2. The van der Waals surface area contributed by atoms with Gasteiger partial charge in [-0.25, -0.2) is 9.59 Å². The summed E-state index contributed by atoms with van der Waals surface area (Å²) in [5, 5.41) is 10.6. The molecule has 12 heteroatoms. The number of likely N-dealkylation sites (tertiary alicyclic amines) is 1. The van der Waals surface area contributed by atoms with Crippen LogP contribution in [0.2, 0.25) is 0 Å². The smallest absolute Gasteiger partial charge is 0.329 e. The number of carbonyl (C=O) groups is 6. The van der Waals surface area contributed by atoms with E-state index in [0.717, 1.165) is 0 Å². The highest BCUT2D eigenvalue weighted by molar-refractivity contribution is 6.38. The van der Waals surface area contributed by atoms with E-state index in [0.29, 0.717) is 0 Å². The minimum atomic E-state index is -1.19. The van der Waals surface area contributed by atoms with Crippen LogP contribution in [0.5, 0.6) is 0 Å². The van der Waals surface area contributed by atoms with E-state index < -0.39 is 76.1 Å². The number of ketones is 1. The van der Waals surface area contributed by atoms with Crippen LogP contribution >= 0.6 is 0 Å². The molecule has 0 spiro atoms. The van der Waals surface area contributed by atoms with Gasteiger partial charge < -0.3 is 30.9 Å². The predicted molar refractivity (Wildman–Crippen MR) is 178 cm³/mol. The molecule has 0 aromatic rings. The summed E-state index contributed by atoms with van der Waals surface area (Å²) < 4.78 is 5.55. The van der Waals surface area contributed by atoms with Gasteiger partial charge in [-0.2, -0.15) is 0 Å². The molecule has 0 radical (unpaired) electrons. The number of nitrogens with zero attached hydrogens (tertiary/aromatic N) is 1. The lowest BCUT2D eigenvalue weighted by Gasteiger charge is -2.38. The van der Waals surface area contributed by atoms with Crippen LogP contribution in [0.15, 0.2) is 12.7 Å². The van der Waals surface area contributed by atoms with Crippen molar-refractivity contribution in [3.8, 4) is 12.3 Å². The number of rotatable bonds is 12. The standard InChI is InChI=1S/C35H55N5O7/c1-14-16-17-21(24(41)28(43)36-18-15-2)37-27(42)23-22-20(35(22,12)13)19-40(23)29(44)25(32(3,4)5)38-31(46)39-26(33(6,7)8)30(45)47-34(9,10)11/h1,15,20-23,25-26H,2,16-19H2,3-13H3,(H,36,43)(H,37,42)(H2,38,39,46)/t20-,21?,22-,23-,25+,26+/m0/s1. The van der Waals surface area contributed by atoms with E-state index in [1.54, 1.807) is 62.3 Å². The first-order chi connectivity index (χ1) is 21.4. The van der Waals surface area contributed by atoms with Crippen LogP contribution in [0.25, 0.3) is 0 Å². The Morgan fingerprint density at radius 2 is 1.51 bits per heavy atom. The van der Waals surface area contributed by atoms with Gasteiger partial charge in [0, 0.05) is 19.5 Å². The van der Waals surface area contributed by atoms with Crippen molar-refractivity contribution in [2.24, 2.45) is 28.1 Å². The lowest BCUT2D eigenvalue weighted by molar-refractivity contribution is -0.160. The van der Waals surface area contributed by atoms with Crippen molar-refractivity contribution < 1.29 is 33.5 Å². The number of hydrogen-bond donors (Lipinski definition) is 4. The normalized spacial score (nSPS) is 21.9. The third-order valence-electron chi connectivity index (χ3n) is 8.77. The fourth-order valence-corrected chi connectivity index (χ4v) is 6.09. The molecule has 1 saturated heterocycles. The van der Waals surface area contributed by atoms with Crippen LogP contribution in [0.3, 0.4) is 0 Å². The number of nitrogens with one attached hydrogen (secondary N) is 4. The van der Waals surface area contributed by atoms with Gasteiger partial charge in [-0.1, -0.05) is 61.5 Å². The van der Waals surface area contributed by atoms with E-state index in [2.05, 4.69) is 33.8 Å². The molecule has 5 amide bonds. The second-order valence-corrected chi connectivity index (χ2v) is 16.3. The molecule has 1 aliphatic carbocycles. The summed E-state index contributed by atoms with van der Waals surface area (Å²) in [4.78, 5) is 81.6. The van der Waals surface area contributed by atoms with Gasteiger partial charge in [0.15, 0.2) is 0 Å². The molecule has 262 valence electrons. The molecule has 6 atom stereocenters. The number of carbonyl (C=O) groups excluding carboxylic acids is 6. The first kappa shape index (κ1) is 39.3. The topological polar surface area (TPSA) is 163 Å². The molecule has 1 saturated carbocycles. The number of ether oxygens (including phenoxy) is 1. The lowest BCUT2D eigenvalue weighted by atomic mass is 9.85. The monoisotopic (exact) mass is 657 g/mol. The third-order valence-corrected chi connectivity index (χ3v) is 8.77. The maximum absolute atomic E-state index is 14.3. The highest BCUT2D eigenvalue weighted by Gasteiger charge is 2.70. The zero-order chi connectivity index (χ0) is 36.3. The van der Waals surface area contributed by atoms with Gasteiger partial charge in [-0.3, -0.25) is 19.2 Å². The molecule has 0 aromatic heterocycles. The maximum atomic E-state index is 14.3. The quantitative estimate of drug-likeness (QED) is 0.109. The molecule has 2 rings (SSSR count). The molecule has 2 fully saturated rings. The molecule has 0 bridgehead atoms. The van der Waals surface area contributed by atoms with E-state index in [4.69, 9.17) is 11.2 Å². The Balaban J connectivity index is 2.36. The number of hydrogen-bond acceptors (Lipinski definition) is 7. The average Bonchev–Trinajstić information content (AvgIpc) is 3.25. The van der Waals surface area contributed by atoms with Crippen molar-refractivity contribution in [3.63, 3.8) is 0 Å². The molecule has 1 unspecified atom stereocenters. The maximum Gasteiger partial charge on any atom is 0.329 e. The summed E-state index contributed by atoms with van der Waals surface area (Å²) in [6, 6.07) is -4.97. The van der Waals surface area contributed by atoms with Crippen LogP contribution in [0, 0.1) is 40.4 Å². The van der Waals surface area contributed by atoms with Crippen molar-refractivity contribution in [1.29, 1.82) is 0 Å². The minimum absolute atomic E-state index is 0.0184. The van der Waals surface area contributed by atoms with E-state index in [-0.39, 0.29) is 43.2 Å². The van der Waals surface area contributed by atoms with Gasteiger partial charge in [-0.05, 0) is 55.3 Å². The van der Waals surface area contributed by atoms with Gasteiger partial charge in [0.1, 0.15) is 23.7 Å². The second kappa shape index (κ2) is 14.5. The molecule has 47 heavy (non-hydrogen) atoms. The fourth-order valence-electron chi connectivity index (χ4n) is 6.09. The Kier molecular flexibility index (Phi) is 12.1. The number of amides is 5. The van der Waals surface area contributed by atoms with Gasteiger partial charge in [0.05, 0.1) is 6.04 Å². The largest absolute Gasteiger partial charge is 0.458 e. The van der Waals surface area contributed by atoms with Crippen LogP contribution < -0.4 is 21.3 Å². The zero-order valence-electron chi connectivity index (χ0n) is 30.0. The van der Waals surface area contributed by atoms with Crippen LogP contribution in [-0.2, 0) is 28.7 Å². The number of esters is 1. The first-order valence-electron chi connectivity index (χ1n) is 16.2. The summed E-state index contributed by atoms with van der Waals surface area (Å²) in [6.07, 6.45) is 7.03. The third kappa shape index (κ3) is 9.81. The Labute approximate surface area is 279 Å². The molecule has 1 heterocycles. The van der Waals surface area contributed by atoms with Gasteiger partial charge in [0.2, 0.25) is 17.6 Å². The number of fused-ring (bicyclic) bond motifs is 1. The Bertz CT molecular complexity index is 1290. The lowest BCUT2D eigenvalue weighted by Crippen LogP contribution is -2.63. The van der Waals surface area contributed by atoms with Crippen molar-refractivity contribution in [2.45, 2.75) is 119 Å². The fraction of sp³-hybridized carbons (Fsp3) is 0.714. The van der Waals surface area contributed by atoms with E-state index in [1.807, 2.05) is 13.8 Å². The van der Waals surface area contributed by atoms with Gasteiger partial charge in [0.25, 0.3) is 5.91 Å². The average molecular weight is 658 g/mol. The molecule has 4 N–H and O–H groups in total. The number of urea groups is 1. The highest BCUT2D eigenvalue weighted by Crippen LogP contribution is 2.65. The van der Waals surface area contributed by atoms with E-state index in [9.17, 15) is 28.8 Å². The molecular weight excluding hydrogens is 602 g/mol. The zero-order valence-corrected chi connectivity index (χ0v) is 30.0. The number of terminal acetylenes is 1. The van der Waals surface area contributed by atoms with Crippen molar-refractivity contribution in [3.05, 3.63) is 12.7 Å². The molecule has 0 aromatic carbocycles. The SMILES string of the molecule is C#CCCC(NC(=O)[C@@H]1[C@@H]2[C@H](CN1C(=O)[C@@H](NC(=O)N[C@H](C(=O)OC(C)(C)C)C(C)(C)C)C(C)(C)C)C2(C)C)C(=O)C(=O)NCC=C. The van der Waals surface area contributed by atoms with Crippen LogP contribution in [0.4, 0.5) is 4.79 Å². The van der Waals surface area contributed by atoms with E-state index in [1.165, 1.54) is 11.0 Å². The minimum Gasteiger partial charge on any atom is -0.458 e. The second-order valence-electron chi connectivity index (χ2n) is 16.3. The molecular formula is C35H55N5O7.